The summed E-state index contributed by atoms with van der Waals surface area (Å²) in [5.41, 5.74) is -0.597. The van der Waals surface area contributed by atoms with Gasteiger partial charge in [-0.15, -0.1) is 0 Å². The molecule has 0 saturated carbocycles. The van der Waals surface area contributed by atoms with Gasteiger partial charge in [0.05, 0.1) is 11.8 Å². The normalized spacial score (nSPS) is 11.8. The van der Waals surface area contributed by atoms with Crippen LogP contribution in [0.5, 0.6) is 0 Å². The van der Waals surface area contributed by atoms with E-state index >= 15 is 0 Å². The summed E-state index contributed by atoms with van der Waals surface area (Å²) in [4.78, 5) is 17.5. The van der Waals surface area contributed by atoms with Crippen LogP contribution in [0.3, 0.4) is 0 Å². The van der Waals surface area contributed by atoms with Gasteiger partial charge < -0.3 is 8.98 Å². The van der Waals surface area contributed by atoms with Crippen molar-refractivity contribution in [1.29, 1.82) is 0 Å². The number of nitrogens with zero attached hydrogens (tertiary/aromatic N) is 2. The fourth-order valence-corrected chi connectivity index (χ4v) is 4.70. The van der Waals surface area contributed by atoms with Crippen molar-refractivity contribution in [1.82, 2.24) is 9.55 Å². The molecule has 0 bridgehead atoms. The Bertz CT molecular complexity index is 1610. The quantitative estimate of drug-likeness (QED) is 0.206. The highest BCUT2D eigenvalue weighted by Gasteiger charge is 2.42. The van der Waals surface area contributed by atoms with Crippen LogP contribution in [0.1, 0.15) is 27.5 Å². The maximum Gasteiger partial charge on any atom is 0.432 e. The Morgan fingerprint density at radius 1 is 0.944 bits per heavy atom. The number of alkyl halides is 3. The largest absolute Gasteiger partial charge is 0.433 e. The van der Waals surface area contributed by atoms with E-state index in [9.17, 15) is 18.0 Å². The van der Waals surface area contributed by atoms with Crippen LogP contribution in [0.2, 0.25) is 15.1 Å². The summed E-state index contributed by atoms with van der Waals surface area (Å²) in [5, 5.41) is 0.728. The minimum absolute atomic E-state index is 0.0179. The Balaban J connectivity index is 1.71. The van der Waals surface area contributed by atoms with Gasteiger partial charge in [-0.25, -0.2) is 4.98 Å². The molecular weight excluding hydrogens is 536 g/mol. The molecule has 0 amide bonds. The Kier molecular flexibility index (Phi) is 6.32. The van der Waals surface area contributed by atoms with Crippen molar-refractivity contribution < 1.29 is 22.4 Å². The first-order valence-electron chi connectivity index (χ1n) is 10.5. The topological polar surface area (TPSA) is 48.0 Å². The van der Waals surface area contributed by atoms with Gasteiger partial charge >= 0.3 is 6.18 Å². The number of ketones is 1. The molecule has 0 atom stereocenters. The lowest BCUT2D eigenvalue weighted by Crippen LogP contribution is -2.19. The Morgan fingerprint density at radius 2 is 1.64 bits per heavy atom. The Labute approximate surface area is 217 Å². The third-order valence-corrected chi connectivity index (χ3v) is 6.44. The molecule has 0 aliphatic rings. The minimum atomic E-state index is -4.90. The van der Waals surface area contributed by atoms with Gasteiger partial charge in [0.15, 0.2) is 5.76 Å². The molecular formula is C26H14Cl3F3N2O2. The van der Waals surface area contributed by atoms with Crippen molar-refractivity contribution in [2.24, 2.45) is 0 Å². The molecule has 2 heterocycles. The molecule has 0 N–H and O–H groups in total. The first kappa shape index (κ1) is 24.4. The van der Waals surface area contributed by atoms with Crippen molar-refractivity contribution in [2.45, 2.75) is 12.7 Å². The number of hydrogen-bond donors (Lipinski definition) is 0. The van der Waals surface area contributed by atoms with Crippen molar-refractivity contribution >= 4 is 51.5 Å². The van der Waals surface area contributed by atoms with E-state index in [4.69, 9.17) is 39.2 Å². The van der Waals surface area contributed by atoms with Crippen molar-refractivity contribution in [3.05, 3.63) is 111 Å². The number of oxazole rings is 1. The highest BCUT2D eigenvalue weighted by molar-refractivity contribution is 6.35. The molecule has 0 aliphatic heterocycles. The second kappa shape index (κ2) is 9.32. The van der Waals surface area contributed by atoms with Gasteiger partial charge in [-0.3, -0.25) is 4.79 Å². The molecule has 3 aromatic carbocycles. The lowest BCUT2D eigenvalue weighted by Gasteiger charge is -2.15. The summed E-state index contributed by atoms with van der Waals surface area (Å²) in [6, 6.07) is 17.5. The molecule has 5 aromatic rings. The van der Waals surface area contributed by atoms with E-state index in [2.05, 4.69) is 4.98 Å². The highest BCUT2D eigenvalue weighted by Crippen LogP contribution is 2.41. The summed E-state index contributed by atoms with van der Waals surface area (Å²) in [6.45, 7) is -0.267. The lowest BCUT2D eigenvalue weighted by atomic mass is 10.1. The summed E-state index contributed by atoms with van der Waals surface area (Å²) in [7, 11) is 0. The van der Waals surface area contributed by atoms with Crippen molar-refractivity contribution in [2.75, 3.05) is 0 Å². The van der Waals surface area contributed by atoms with E-state index in [-0.39, 0.29) is 33.3 Å². The van der Waals surface area contributed by atoms with E-state index in [1.165, 1.54) is 42.6 Å². The molecule has 0 spiro atoms. The third-order valence-electron chi connectivity index (χ3n) is 5.62. The smallest absolute Gasteiger partial charge is 0.432 e. The van der Waals surface area contributed by atoms with E-state index < -0.39 is 29.1 Å². The van der Waals surface area contributed by atoms with Gasteiger partial charge in [0, 0.05) is 38.1 Å². The first-order chi connectivity index (χ1) is 17.1. The van der Waals surface area contributed by atoms with Gasteiger partial charge in [-0.1, -0.05) is 71.2 Å². The SMILES string of the molecule is O=C(c1ncc(-c2ccccc2)o1)c1c(C(F)(F)F)n(Cc2ccc(Cl)cc2Cl)c2ccc(Cl)cc12. The van der Waals surface area contributed by atoms with Crippen LogP contribution in [-0.2, 0) is 12.7 Å². The number of fused-ring (bicyclic) bond motifs is 1. The van der Waals surface area contributed by atoms with Gasteiger partial charge in [0.2, 0.25) is 0 Å². The molecule has 2 aromatic heterocycles. The summed E-state index contributed by atoms with van der Waals surface area (Å²) < 4.78 is 50.2. The van der Waals surface area contributed by atoms with E-state index in [1.54, 1.807) is 30.3 Å². The van der Waals surface area contributed by atoms with Crippen LogP contribution in [0.25, 0.3) is 22.2 Å². The zero-order valence-corrected chi connectivity index (χ0v) is 20.4. The van der Waals surface area contributed by atoms with Gasteiger partial charge in [0.25, 0.3) is 11.7 Å². The molecule has 5 rings (SSSR count). The van der Waals surface area contributed by atoms with Gasteiger partial charge in [-0.05, 0) is 35.9 Å². The number of carbonyl (C=O) groups is 1. The van der Waals surface area contributed by atoms with Crippen LogP contribution in [0.15, 0.2) is 77.3 Å². The van der Waals surface area contributed by atoms with Crippen LogP contribution < -0.4 is 0 Å². The second-order valence-corrected chi connectivity index (χ2v) is 9.21. The van der Waals surface area contributed by atoms with E-state index in [0.29, 0.717) is 16.1 Å². The highest BCUT2D eigenvalue weighted by atomic mass is 35.5. The maximum absolute atomic E-state index is 14.6. The lowest BCUT2D eigenvalue weighted by molar-refractivity contribution is -0.143. The second-order valence-electron chi connectivity index (χ2n) is 7.93. The molecule has 0 fully saturated rings. The predicted molar refractivity (Wildman–Crippen MR) is 133 cm³/mol. The standard InChI is InChI=1S/C26H14Cl3F3N2O2/c27-16-8-9-20-18(10-16)22(23(35)25-33-12-21(36-25)14-4-2-1-3-5-14)24(26(30,31)32)34(20)13-15-6-7-17(28)11-19(15)29/h1-12H,13H2. The molecule has 0 radical (unpaired) electrons. The monoisotopic (exact) mass is 548 g/mol. The number of rotatable bonds is 5. The maximum atomic E-state index is 14.6. The number of halogens is 6. The van der Waals surface area contributed by atoms with E-state index in [0.717, 1.165) is 4.57 Å². The van der Waals surface area contributed by atoms with E-state index in [1.807, 2.05) is 0 Å². The molecule has 10 heteroatoms. The van der Waals surface area contributed by atoms with Crippen LogP contribution >= 0.6 is 34.8 Å². The number of hydrogen-bond acceptors (Lipinski definition) is 3. The molecule has 0 saturated heterocycles. The first-order valence-corrected chi connectivity index (χ1v) is 11.7. The number of benzene rings is 3. The van der Waals surface area contributed by atoms with Crippen molar-refractivity contribution in [3.8, 4) is 11.3 Å². The molecule has 0 unspecified atom stereocenters. The Hall–Kier alpha value is -3.26. The predicted octanol–water partition coefficient (Wildman–Crippen LogP) is 8.55. The molecule has 182 valence electrons. The van der Waals surface area contributed by atoms with Crippen LogP contribution in [0, 0.1) is 0 Å². The molecule has 4 nitrogen and oxygen atoms in total. The fraction of sp³-hybridized carbons (Fsp3) is 0.0769. The zero-order chi connectivity index (χ0) is 25.6. The van der Waals surface area contributed by atoms with Crippen LogP contribution in [0.4, 0.5) is 13.2 Å². The average molecular weight is 550 g/mol. The third kappa shape index (κ3) is 4.50. The minimum Gasteiger partial charge on any atom is -0.433 e. The Morgan fingerprint density at radius 3 is 2.33 bits per heavy atom. The fourth-order valence-electron chi connectivity index (χ4n) is 4.06. The molecule has 0 aliphatic carbocycles. The average Bonchev–Trinajstić information content (AvgIpc) is 3.44. The summed E-state index contributed by atoms with van der Waals surface area (Å²) in [6.07, 6.45) is -3.60. The summed E-state index contributed by atoms with van der Waals surface area (Å²) >= 11 is 18.3. The van der Waals surface area contributed by atoms with Gasteiger partial charge in [-0.2, -0.15) is 13.2 Å². The number of aromatic nitrogens is 2. The van der Waals surface area contributed by atoms with Crippen LogP contribution in [-0.4, -0.2) is 15.3 Å². The number of carbonyl (C=O) groups excluding carboxylic acids is 1. The van der Waals surface area contributed by atoms with Gasteiger partial charge in [0.1, 0.15) is 5.69 Å². The zero-order valence-electron chi connectivity index (χ0n) is 18.1. The van der Waals surface area contributed by atoms with Crippen molar-refractivity contribution in [3.63, 3.8) is 0 Å². The molecule has 36 heavy (non-hydrogen) atoms. The summed E-state index contributed by atoms with van der Waals surface area (Å²) in [5.74, 6) is -1.23.